The third kappa shape index (κ3) is 4.47. The van der Waals surface area contributed by atoms with Crippen LogP contribution in [0.5, 0.6) is 5.88 Å². The molecule has 1 aromatic heterocycles. The molecular formula is C15H23NO2. The van der Waals surface area contributed by atoms with Crippen LogP contribution in [0.25, 0.3) is 0 Å². The first kappa shape index (κ1) is 14.7. The third-order valence-corrected chi connectivity index (χ3v) is 3.19. The molecule has 0 aliphatic heterocycles. The van der Waals surface area contributed by atoms with Crippen molar-refractivity contribution in [2.45, 2.75) is 46.5 Å². The second-order valence-electron chi connectivity index (χ2n) is 4.74. The number of carbonyl (C=O) groups is 1. The fraction of sp³-hybridized carbons (Fsp3) is 0.600. The smallest absolute Gasteiger partial charge is 0.216 e. The Morgan fingerprint density at radius 3 is 2.78 bits per heavy atom. The van der Waals surface area contributed by atoms with E-state index in [4.69, 9.17) is 4.74 Å². The molecule has 0 aliphatic carbocycles. The lowest BCUT2D eigenvalue weighted by atomic mass is 10.0. The fourth-order valence-corrected chi connectivity index (χ4v) is 1.89. The maximum atomic E-state index is 10.6. The topological polar surface area (TPSA) is 39.2 Å². The Bertz CT molecular complexity index is 377. The van der Waals surface area contributed by atoms with Crippen LogP contribution in [0, 0.1) is 12.8 Å². The van der Waals surface area contributed by atoms with Gasteiger partial charge < -0.3 is 4.74 Å². The van der Waals surface area contributed by atoms with Gasteiger partial charge in [-0.05, 0) is 25.3 Å². The van der Waals surface area contributed by atoms with Gasteiger partial charge in [0.1, 0.15) is 0 Å². The van der Waals surface area contributed by atoms with Crippen molar-refractivity contribution < 1.29 is 9.53 Å². The van der Waals surface area contributed by atoms with Gasteiger partial charge in [0.2, 0.25) is 5.88 Å². The number of nitrogens with zero attached hydrogens (tertiary/aromatic N) is 1. The molecule has 0 amide bonds. The van der Waals surface area contributed by atoms with Gasteiger partial charge in [-0.1, -0.05) is 33.1 Å². The summed E-state index contributed by atoms with van der Waals surface area (Å²) in [5.74, 6) is 1.24. The standard InChI is InChI=1S/C15H23NO2/c1-4-6-7-13(5-2)11-18-15-12(3)8-14(10-17)9-16-15/h8-10,13H,4-7,11H2,1-3H3. The zero-order valence-corrected chi connectivity index (χ0v) is 11.6. The summed E-state index contributed by atoms with van der Waals surface area (Å²) in [6.07, 6.45) is 7.17. The van der Waals surface area contributed by atoms with Crippen LogP contribution in [0.3, 0.4) is 0 Å². The van der Waals surface area contributed by atoms with E-state index >= 15 is 0 Å². The van der Waals surface area contributed by atoms with Crippen LogP contribution in [0.4, 0.5) is 0 Å². The van der Waals surface area contributed by atoms with Crippen molar-refractivity contribution in [3.05, 3.63) is 23.4 Å². The van der Waals surface area contributed by atoms with E-state index in [1.807, 2.05) is 13.0 Å². The highest BCUT2D eigenvalue weighted by Crippen LogP contribution is 2.18. The molecule has 0 spiro atoms. The second kappa shape index (κ2) is 7.85. The molecule has 1 heterocycles. The summed E-state index contributed by atoms with van der Waals surface area (Å²) in [6.45, 7) is 7.03. The maximum absolute atomic E-state index is 10.6. The molecule has 0 aliphatic rings. The van der Waals surface area contributed by atoms with Gasteiger partial charge in [-0.25, -0.2) is 4.98 Å². The molecule has 0 fully saturated rings. The molecule has 0 bridgehead atoms. The number of hydrogen-bond donors (Lipinski definition) is 0. The van der Waals surface area contributed by atoms with Crippen molar-refractivity contribution >= 4 is 6.29 Å². The number of aromatic nitrogens is 1. The monoisotopic (exact) mass is 249 g/mol. The highest BCUT2D eigenvalue weighted by molar-refractivity contribution is 5.74. The molecular weight excluding hydrogens is 226 g/mol. The Morgan fingerprint density at radius 1 is 1.44 bits per heavy atom. The van der Waals surface area contributed by atoms with Crippen LogP contribution in [0.2, 0.25) is 0 Å². The highest BCUT2D eigenvalue weighted by atomic mass is 16.5. The van der Waals surface area contributed by atoms with Gasteiger partial charge in [0.05, 0.1) is 6.61 Å². The van der Waals surface area contributed by atoms with Gasteiger partial charge in [0.15, 0.2) is 6.29 Å². The molecule has 1 rings (SSSR count). The molecule has 1 aromatic rings. The number of hydrogen-bond acceptors (Lipinski definition) is 3. The number of pyridine rings is 1. The largest absolute Gasteiger partial charge is 0.477 e. The summed E-state index contributed by atoms with van der Waals surface area (Å²) in [4.78, 5) is 14.8. The summed E-state index contributed by atoms with van der Waals surface area (Å²) in [5, 5.41) is 0. The Kier molecular flexibility index (Phi) is 6.40. The molecule has 1 atom stereocenters. The zero-order valence-electron chi connectivity index (χ0n) is 11.6. The molecule has 0 radical (unpaired) electrons. The molecule has 0 aromatic carbocycles. The van der Waals surface area contributed by atoms with Crippen molar-refractivity contribution in [1.82, 2.24) is 4.98 Å². The highest BCUT2D eigenvalue weighted by Gasteiger charge is 2.09. The van der Waals surface area contributed by atoms with E-state index in [0.717, 1.165) is 18.3 Å². The van der Waals surface area contributed by atoms with E-state index in [1.54, 1.807) is 6.20 Å². The number of carbonyl (C=O) groups excluding carboxylic acids is 1. The summed E-state index contributed by atoms with van der Waals surface area (Å²) < 4.78 is 5.76. The van der Waals surface area contributed by atoms with E-state index in [-0.39, 0.29) is 0 Å². The number of ether oxygens (including phenoxy) is 1. The summed E-state index contributed by atoms with van der Waals surface area (Å²) in [7, 11) is 0. The molecule has 0 saturated carbocycles. The third-order valence-electron chi connectivity index (χ3n) is 3.19. The average Bonchev–Trinajstić information content (AvgIpc) is 2.40. The molecule has 18 heavy (non-hydrogen) atoms. The summed E-state index contributed by atoms with van der Waals surface area (Å²) >= 11 is 0. The Labute approximate surface area is 110 Å². The number of aldehydes is 1. The predicted octanol–water partition coefficient (Wildman–Crippen LogP) is 3.80. The first-order chi connectivity index (χ1) is 8.71. The van der Waals surface area contributed by atoms with Crippen LogP contribution < -0.4 is 4.74 Å². The normalized spacial score (nSPS) is 12.2. The lowest BCUT2D eigenvalue weighted by molar-refractivity contribution is 0.112. The van der Waals surface area contributed by atoms with Crippen molar-refractivity contribution in [2.75, 3.05) is 6.61 Å². The van der Waals surface area contributed by atoms with E-state index in [0.29, 0.717) is 24.0 Å². The number of aryl methyl sites for hydroxylation is 1. The quantitative estimate of drug-likeness (QED) is 0.658. The van der Waals surface area contributed by atoms with Gasteiger partial charge in [-0.2, -0.15) is 0 Å². The van der Waals surface area contributed by atoms with E-state index in [1.165, 1.54) is 19.3 Å². The van der Waals surface area contributed by atoms with Gasteiger partial charge in [0, 0.05) is 17.3 Å². The first-order valence-electron chi connectivity index (χ1n) is 6.75. The Balaban J connectivity index is 2.53. The maximum Gasteiger partial charge on any atom is 0.216 e. The van der Waals surface area contributed by atoms with E-state index in [9.17, 15) is 4.79 Å². The summed E-state index contributed by atoms with van der Waals surface area (Å²) in [5.41, 5.74) is 1.52. The lowest BCUT2D eigenvalue weighted by Crippen LogP contribution is -2.12. The van der Waals surface area contributed by atoms with Gasteiger partial charge in [0.25, 0.3) is 0 Å². The van der Waals surface area contributed by atoms with E-state index < -0.39 is 0 Å². The van der Waals surface area contributed by atoms with Crippen LogP contribution >= 0.6 is 0 Å². The lowest BCUT2D eigenvalue weighted by Gasteiger charge is -2.16. The molecule has 1 unspecified atom stereocenters. The van der Waals surface area contributed by atoms with Crippen LogP contribution in [-0.4, -0.2) is 17.9 Å². The van der Waals surface area contributed by atoms with Crippen LogP contribution in [0.15, 0.2) is 12.3 Å². The number of unbranched alkanes of at least 4 members (excludes halogenated alkanes) is 1. The molecule has 3 nitrogen and oxygen atoms in total. The van der Waals surface area contributed by atoms with Crippen molar-refractivity contribution in [1.29, 1.82) is 0 Å². The first-order valence-corrected chi connectivity index (χ1v) is 6.75. The van der Waals surface area contributed by atoms with Gasteiger partial charge in [-0.3, -0.25) is 4.79 Å². The predicted molar refractivity (Wildman–Crippen MR) is 73.2 cm³/mol. The minimum atomic E-state index is 0.594. The molecule has 0 saturated heterocycles. The van der Waals surface area contributed by atoms with Gasteiger partial charge in [-0.15, -0.1) is 0 Å². The average molecular weight is 249 g/mol. The summed E-state index contributed by atoms with van der Waals surface area (Å²) in [6, 6.07) is 1.81. The Morgan fingerprint density at radius 2 is 2.22 bits per heavy atom. The Hall–Kier alpha value is -1.38. The van der Waals surface area contributed by atoms with Crippen molar-refractivity contribution in [3.63, 3.8) is 0 Å². The van der Waals surface area contributed by atoms with Crippen molar-refractivity contribution in [2.24, 2.45) is 5.92 Å². The minimum Gasteiger partial charge on any atom is -0.477 e. The SMILES string of the molecule is CCCCC(CC)COc1ncc(C=O)cc1C. The minimum absolute atomic E-state index is 0.594. The molecule has 0 N–H and O–H groups in total. The fourth-order valence-electron chi connectivity index (χ4n) is 1.89. The van der Waals surface area contributed by atoms with Crippen LogP contribution in [-0.2, 0) is 0 Å². The zero-order chi connectivity index (χ0) is 13.4. The van der Waals surface area contributed by atoms with Gasteiger partial charge >= 0.3 is 0 Å². The molecule has 3 heteroatoms. The van der Waals surface area contributed by atoms with E-state index in [2.05, 4.69) is 18.8 Å². The van der Waals surface area contributed by atoms with Crippen LogP contribution in [0.1, 0.15) is 55.5 Å². The second-order valence-corrected chi connectivity index (χ2v) is 4.74. The molecule has 100 valence electrons. The number of rotatable bonds is 8. The van der Waals surface area contributed by atoms with Crippen molar-refractivity contribution in [3.8, 4) is 5.88 Å².